The molecule has 1 atom stereocenters. The number of hydrogen-bond acceptors (Lipinski definition) is 6. The van der Waals surface area contributed by atoms with E-state index >= 15 is 0 Å². The Morgan fingerprint density at radius 3 is 2.96 bits per heavy atom. The highest BCUT2D eigenvalue weighted by atomic mass is 32.2. The molecule has 1 unspecified atom stereocenters. The van der Waals surface area contributed by atoms with Crippen LogP contribution in [0.4, 0.5) is 4.39 Å². The van der Waals surface area contributed by atoms with Gasteiger partial charge in [-0.1, -0.05) is 36.0 Å². The second kappa shape index (κ2) is 7.22. The smallest absolute Gasteiger partial charge is 0.338 e. The standard InChI is InChI=1S/C16H18FN5O2S/c1-4-7-22-15(23)19-20-16(22)25-10(3)14-18-13(21-24-14)11-6-5-9(2)12(17)8-11/h5-6,8,10H,4,7H2,1-3H3,(H,19,23). The Hall–Kier alpha value is -2.42. The number of H-pyrrole nitrogens is 1. The summed E-state index contributed by atoms with van der Waals surface area (Å²) in [5.41, 5.74) is 0.875. The van der Waals surface area contributed by atoms with Gasteiger partial charge >= 0.3 is 5.69 Å². The van der Waals surface area contributed by atoms with Gasteiger partial charge in [-0.15, -0.1) is 5.10 Å². The van der Waals surface area contributed by atoms with Crippen LogP contribution in [0.3, 0.4) is 0 Å². The van der Waals surface area contributed by atoms with E-state index in [1.165, 1.54) is 17.8 Å². The zero-order valence-corrected chi connectivity index (χ0v) is 14.9. The van der Waals surface area contributed by atoms with Gasteiger partial charge in [-0.05, 0) is 31.9 Å². The first kappa shape index (κ1) is 17.4. The maximum Gasteiger partial charge on any atom is 0.343 e. The van der Waals surface area contributed by atoms with Crippen molar-refractivity contribution < 1.29 is 8.91 Å². The molecule has 3 aromatic rings. The summed E-state index contributed by atoms with van der Waals surface area (Å²) in [5, 5.41) is 10.8. The molecule has 2 heterocycles. The number of aryl methyl sites for hydroxylation is 1. The highest BCUT2D eigenvalue weighted by Crippen LogP contribution is 2.33. The van der Waals surface area contributed by atoms with Crippen LogP contribution >= 0.6 is 11.8 Å². The molecule has 7 nitrogen and oxygen atoms in total. The van der Waals surface area contributed by atoms with Crippen LogP contribution in [0, 0.1) is 12.7 Å². The first-order chi connectivity index (χ1) is 12.0. The van der Waals surface area contributed by atoms with Crippen molar-refractivity contribution >= 4 is 11.8 Å². The second-order valence-electron chi connectivity index (χ2n) is 5.64. The summed E-state index contributed by atoms with van der Waals surface area (Å²) in [7, 11) is 0. The Kier molecular flexibility index (Phi) is 5.03. The number of rotatable bonds is 6. The molecule has 0 bridgehead atoms. The maximum absolute atomic E-state index is 13.7. The van der Waals surface area contributed by atoms with Gasteiger partial charge in [0.2, 0.25) is 11.7 Å². The summed E-state index contributed by atoms with van der Waals surface area (Å²) in [4.78, 5) is 16.1. The number of thioether (sulfide) groups is 1. The molecule has 3 rings (SSSR count). The fourth-order valence-electron chi connectivity index (χ4n) is 2.27. The van der Waals surface area contributed by atoms with Crippen LogP contribution in [0.1, 0.15) is 37.0 Å². The van der Waals surface area contributed by atoms with E-state index in [4.69, 9.17) is 4.52 Å². The highest BCUT2D eigenvalue weighted by molar-refractivity contribution is 7.99. The van der Waals surface area contributed by atoms with Crippen molar-refractivity contribution in [2.75, 3.05) is 0 Å². The topological polar surface area (TPSA) is 89.6 Å². The summed E-state index contributed by atoms with van der Waals surface area (Å²) in [6, 6.07) is 4.80. The minimum Gasteiger partial charge on any atom is -0.338 e. The van der Waals surface area contributed by atoms with Gasteiger partial charge in [0.05, 0.1) is 5.25 Å². The Morgan fingerprint density at radius 1 is 1.44 bits per heavy atom. The summed E-state index contributed by atoms with van der Waals surface area (Å²) >= 11 is 1.35. The van der Waals surface area contributed by atoms with E-state index in [0.29, 0.717) is 34.5 Å². The molecule has 1 N–H and O–H groups in total. The number of hydrogen-bond donors (Lipinski definition) is 1. The normalized spacial score (nSPS) is 12.5. The lowest BCUT2D eigenvalue weighted by molar-refractivity contribution is 0.380. The quantitative estimate of drug-likeness (QED) is 0.676. The third-order valence-electron chi connectivity index (χ3n) is 3.67. The van der Waals surface area contributed by atoms with Gasteiger partial charge in [0.1, 0.15) is 5.82 Å². The Morgan fingerprint density at radius 2 is 2.24 bits per heavy atom. The predicted molar refractivity (Wildman–Crippen MR) is 91.8 cm³/mol. The molecule has 0 radical (unpaired) electrons. The molecule has 0 saturated heterocycles. The first-order valence-electron chi connectivity index (χ1n) is 7.91. The molecule has 0 saturated carbocycles. The molecule has 0 aliphatic heterocycles. The van der Waals surface area contributed by atoms with Crippen molar-refractivity contribution in [2.24, 2.45) is 0 Å². The van der Waals surface area contributed by atoms with Gasteiger partial charge in [0.25, 0.3) is 0 Å². The number of halogens is 1. The van der Waals surface area contributed by atoms with Gasteiger partial charge in [0.15, 0.2) is 5.16 Å². The Bertz CT molecular complexity index is 933. The molecule has 9 heteroatoms. The van der Waals surface area contributed by atoms with Crippen LogP contribution in [0.5, 0.6) is 0 Å². The zero-order valence-electron chi connectivity index (χ0n) is 14.1. The number of nitrogens with one attached hydrogen (secondary N) is 1. The van der Waals surface area contributed by atoms with Crippen molar-refractivity contribution in [3.8, 4) is 11.4 Å². The lowest BCUT2D eigenvalue weighted by Gasteiger charge is -2.06. The van der Waals surface area contributed by atoms with E-state index in [2.05, 4.69) is 20.3 Å². The average Bonchev–Trinajstić information content (AvgIpc) is 3.20. The molecule has 2 aromatic heterocycles. The summed E-state index contributed by atoms with van der Waals surface area (Å²) in [6.45, 7) is 6.15. The number of nitrogens with zero attached hydrogens (tertiary/aromatic N) is 4. The fraction of sp³-hybridized carbons (Fsp3) is 0.375. The molecule has 0 fully saturated rings. The Labute approximate surface area is 147 Å². The monoisotopic (exact) mass is 363 g/mol. The van der Waals surface area contributed by atoms with E-state index in [0.717, 1.165) is 6.42 Å². The van der Waals surface area contributed by atoms with Crippen LogP contribution in [-0.4, -0.2) is 24.9 Å². The highest BCUT2D eigenvalue weighted by Gasteiger charge is 2.20. The lowest BCUT2D eigenvalue weighted by atomic mass is 10.1. The van der Waals surface area contributed by atoms with Crippen LogP contribution in [-0.2, 0) is 6.54 Å². The molecule has 0 aliphatic carbocycles. The minimum absolute atomic E-state index is 0.206. The molecular weight excluding hydrogens is 345 g/mol. The summed E-state index contributed by atoms with van der Waals surface area (Å²) < 4.78 is 20.6. The van der Waals surface area contributed by atoms with Crippen molar-refractivity contribution in [1.29, 1.82) is 0 Å². The van der Waals surface area contributed by atoms with E-state index in [1.54, 1.807) is 23.6 Å². The maximum atomic E-state index is 13.7. The molecule has 0 aliphatic rings. The number of aromatic amines is 1. The average molecular weight is 363 g/mol. The largest absolute Gasteiger partial charge is 0.343 e. The van der Waals surface area contributed by atoms with Crippen molar-refractivity contribution in [1.82, 2.24) is 24.9 Å². The molecule has 1 aromatic carbocycles. The lowest BCUT2D eigenvalue weighted by Crippen LogP contribution is -2.17. The third kappa shape index (κ3) is 3.65. The van der Waals surface area contributed by atoms with E-state index in [9.17, 15) is 9.18 Å². The van der Waals surface area contributed by atoms with Crippen LogP contribution < -0.4 is 5.69 Å². The summed E-state index contributed by atoms with van der Waals surface area (Å²) in [5.74, 6) is 0.403. The Balaban J connectivity index is 1.80. The van der Waals surface area contributed by atoms with Crippen LogP contribution in [0.25, 0.3) is 11.4 Å². The minimum atomic E-state index is -0.314. The summed E-state index contributed by atoms with van der Waals surface area (Å²) in [6.07, 6.45) is 0.824. The molecule has 132 valence electrons. The number of aromatic nitrogens is 5. The van der Waals surface area contributed by atoms with E-state index in [1.807, 2.05) is 13.8 Å². The molecule has 25 heavy (non-hydrogen) atoms. The molecule has 0 amide bonds. The zero-order chi connectivity index (χ0) is 18.0. The fourth-order valence-corrected chi connectivity index (χ4v) is 3.18. The number of benzene rings is 1. The second-order valence-corrected chi connectivity index (χ2v) is 6.95. The predicted octanol–water partition coefficient (Wildman–Crippen LogP) is 3.33. The molecular formula is C16H18FN5O2S. The van der Waals surface area contributed by atoms with Crippen molar-refractivity contribution in [2.45, 2.75) is 44.1 Å². The van der Waals surface area contributed by atoms with E-state index in [-0.39, 0.29) is 16.8 Å². The first-order valence-corrected chi connectivity index (χ1v) is 8.79. The van der Waals surface area contributed by atoms with E-state index < -0.39 is 0 Å². The third-order valence-corrected chi connectivity index (χ3v) is 4.75. The van der Waals surface area contributed by atoms with Crippen LogP contribution in [0.15, 0.2) is 32.7 Å². The van der Waals surface area contributed by atoms with Gasteiger partial charge < -0.3 is 4.52 Å². The van der Waals surface area contributed by atoms with Gasteiger partial charge in [-0.3, -0.25) is 4.57 Å². The van der Waals surface area contributed by atoms with Crippen molar-refractivity contribution in [3.05, 3.63) is 46.0 Å². The van der Waals surface area contributed by atoms with Gasteiger partial charge in [-0.25, -0.2) is 14.3 Å². The SMILES string of the molecule is CCCn1c(SC(C)c2nc(-c3ccc(C)c(F)c3)no2)n[nH]c1=O. The van der Waals surface area contributed by atoms with Crippen LogP contribution in [0.2, 0.25) is 0 Å². The molecule has 0 spiro atoms. The van der Waals surface area contributed by atoms with Gasteiger partial charge in [-0.2, -0.15) is 4.98 Å². The van der Waals surface area contributed by atoms with Crippen molar-refractivity contribution in [3.63, 3.8) is 0 Å². The van der Waals surface area contributed by atoms with Gasteiger partial charge in [0, 0.05) is 12.1 Å².